The summed E-state index contributed by atoms with van der Waals surface area (Å²) in [5.74, 6) is 0. The summed E-state index contributed by atoms with van der Waals surface area (Å²) in [6.07, 6.45) is 4.27. The maximum absolute atomic E-state index is 9.85. The lowest BCUT2D eigenvalue weighted by Crippen LogP contribution is -2.05. The molecule has 0 fully saturated rings. The molecule has 6 heteroatoms. The van der Waals surface area contributed by atoms with Gasteiger partial charge in [0.25, 0.3) is 0 Å². The van der Waals surface area contributed by atoms with Crippen molar-refractivity contribution in [2.45, 2.75) is 49.8 Å². The molecule has 0 saturated carbocycles. The molecule has 0 aliphatic carbocycles. The fourth-order valence-corrected chi connectivity index (χ4v) is 4.51. The maximum Gasteiger partial charge on any atom is 0.103 e. The highest BCUT2D eigenvalue weighted by molar-refractivity contribution is 7.99. The zero-order valence-corrected chi connectivity index (χ0v) is 16.7. The average Bonchev–Trinajstić information content (AvgIpc) is 2.93. The van der Waals surface area contributed by atoms with Gasteiger partial charge >= 0.3 is 0 Å². The van der Waals surface area contributed by atoms with Gasteiger partial charge in [0, 0.05) is 40.3 Å². The van der Waals surface area contributed by atoms with Gasteiger partial charge in [-0.15, -0.1) is 0 Å². The highest BCUT2D eigenvalue weighted by atomic mass is 35.5. The summed E-state index contributed by atoms with van der Waals surface area (Å²) in [6, 6.07) is 10.2. The molecule has 0 amide bonds. The van der Waals surface area contributed by atoms with E-state index in [1.165, 1.54) is 0 Å². The van der Waals surface area contributed by atoms with Crippen molar-refractivity contribution >= 4 is 23.4 Å². The molecule has 3 rings (SSSR count). The second kappa shape index (κ2) is 8.25. The fourth-order valence-electron chi connectivity index (χ4n) is 2.84. The fraction of sp³-hybridized carbons (Fsp3) is 0.300. The summed E-state index contributed by atoms with van der Waals surface area (Å²) in [4.78, 5) is 5.15. The molecule has 2 heterocycles. The van der Waals surface area contributed by atoms with E-state index in [2.05, 4.69) is 30.0 Å². The molecule has 1 N–H and O–H groups in total. The molecule has 0 bridgehead atoms. The molecule has 0 aliphatic rings. The first kappa shape index (κ1) is 19.0. The number of aryl methyl sites for hydroxylation is 1. The van der Waals surface area contributed by atoms with E-state index in [1.54, 1.807) is 24.2 Å². The predicted octanol–water partition coefficient (Wildman–Crippen LogP) is 5.06. The normalized spacial score (nSPS) is 11.3. The van der Waals surface area contributed by atoms with Crippen LogP contribution < -0.4 is 0 Å². The van der Waals surface area contributed by atoms with E-state index in [1.807, 2.05) is 35.9 Å². The van der Waals surface area contributed by atoms with Crippen LogP contribution in [0.3, 0.4) is 0 Å². The van der Waals surface area contributed by atoms with Crippen LogP contribution in [0.1, 0.15) is 42.3 Å². The van der Waals surface area contributed by atoms with Gasteiger partial charge in [-0.05, 0) is 62.2 Å². The first-order valence-corrected chi connectivity index (χ1v) is 9.72. The van der Waals surface area contributed by atoms with E-state index in [0.717, 1.165) is 37.3 Å². The molecule has 2 aromatic heterocycles. The minimum Gasteiger partial charge on any atom is -0.390 e. The number of aliphatic hydroxyl groups is 1. The van der Waals surface area contributed by atoms with E-state index >= 15 is 0 Å². The summed E-state index contributed by atoms with van der Waals surface area (Å²) >= 11 is 7.88. The lowest BCUT2D eigenvalue weighted by atomic mass is 10.1. The van der Waals surface area contributed by atoms with Gasteiger partial charge in [0.05, 0.1) is 12.3 Å². The maximum atomic E-state index is 9.85. The Kier molecular flexibility index (Phi) is 6.01. The van der Waals surface area contributed by atoms with Crippen molar-refractivity contribution in [3.8, 4) is 0 Å². The first-order valence-electron chi connectivity index (χ1n) is 8.53. The molecule has 0 saturated heterocycles. The van der Waals surface area contributed by atoms with E-state index < -0.39 is 0 Å². The number of benzene rings is 1. The van der Waals surface area contributed by atoms with Gasteiger partial charge in [0.15, 0.2) is 0 Å². The highest BCUT2D eigenvalue weighted by Gasteiger charge is 2.20. The van der Waals surface area contributed by atoms with Crippen LogP contribution in [0.15, 0.2) is 52.6 Å². The Bertz CT molecular complexity index is 873. The first-order chi connectivity index (χ1) is 12.5. The zero-order valence-electron chi connectivity index (χ0n) is 15.1. The minimum absolute atomic E-state index is 0.0811. The summed E-state index contributed by atoms with van der Waals surface area (Å²) in [6.45, 7) is 6.14. The molecular weight excluding hydrogens is 366 g/mol. The van der Waals surface area contributed by atoms with E-state index in [-0.39, 0.29) is 12.6 Å². The lowest BCUT2D eigenvalue weighted by molar-refractivity contribution is 0.273. The third-order valence-corrected chi connectivity index (χ3v) is 5.36. The van der Waals surface area contributed by atoms with Crippen LogP contribution in [-0.2, 0) is 13.0 Å². The number of nitrogens with zero attached hydrogens (tertiary/aromatic N) is 3. The number of pyridine rings is 1. The van der Waals surface area contributed by atoms with Crippen molar-refractivity contribution in [2.75, 3.05) is 0 Å². The van der Waals surface area contributed by atoms with Crippen molar-refractivity contribution in [3.05, 3.63) is 70.1 Å². The Labute approximate surface area is 163 Å². The van der Waals surface area contributed by atoms with Gasteiger partial charge < -0.3 is 5.11 Å². The van der Waals surface area contributed by atoms with Gasteiger partial charge in [-0.3, -0.25) is 9.67 Å². The summed E-state index contributed by atoms with van der Waals surface area (Å²) < 4.78 is 1.99. The standard InChI is InChI=1S/C20H22ClN3OS/c1-13(2)24-20(26-17-9-14(3)8-16(21)11-17)18(19(12-25)23-24)10-15-4-6-22-7-5-15/h4-9,11,13,25H,10,12H2,1-3H3. The average molecular weight is 388 g/mol. The second-order valence-corrected chi connectivity index (χ2v) is 8.02. The van der Waals surface area contributed by atoms with Crippen LogP contribution in [-0.4, -0.2) is 19.9 Å². The predicted molar refractivity (Wildman–Crippen MR) is 106 cm³/mol. The SMILES string of the molecule is Cc1cc(Cl)cc(Sc2c(Cc3ccncc3)c(CO)nn2C(C)C)c1. The van der Waals surface area contributed by atoms with Gasteiger partial charge in [-0.2, -0.15) is 5.10 Å². The molecular formula is C20H22ClN3OS. The number of aliphatic hydroxyl groups excluding tert-OH is 1. The molecule has 0 spiro atoms. The molecule has 3 aromatic rings. The molecule has 4 nitrogen and oxygen atoms in total. The van der Waals surface area contributed by atoms with Crippen LogP contribution in [0.5, 0.6) is 0 Å². The summed E-state index contributed by atoms with van der Waals surface area (Å²) in [5, 5.41) is 16.3. The van der Waals surface area contributed by atoms with Crippen molar-refractivity contribution in [3.63, 3.8) is 0 Å². The van der Waals surface area contributed by atoms with E-state index in [9.17, 15) is 5.11 Å². The Hall–Kier alpha value is -1.82. The third kappa shape index (κ3) is 4.29. The molecule has 0 unspecified atom stereocenters. The van der Waals surface area contributed by atoms with Gasteiger partial charge in [0.1, 0.15) is 5.03 Å². The Morgan fingerprint density at radius 3 is 2.54 bits per heavy atom. The molecule has 136 valence electrons. The van der Waals surface area contributed by atoms with Gasteiger partial charge in [-0.1, -0.05) is 23.4 Å². The Balaban J connectivity index is 2.07. The Morgan fingerprint density at radius 2 is 1.92 bits per heavy atom. The van der Waals surface area contributed by atoms with Crippen LogP contribution in [0.4, 0.5) is 0 Å². The third-order valence-electron chi connectivity index (χ3n) is 4.04. The van der Waals surface area contributed by atoms with Crippen molar-refractivity contribution in [2.24, 2.45) is 0 Å². The number of rotatable bonds is 6. The molecule has 0 aliphatic heterocycles. The minimum atomic E-state index is -0.0811. The second-order valence-electron chi connectivity index (χ2n) is 6.53. The molecule has 0 atom stereocenters. The van der Waals surface area contributed by atoms with E-state index in [4.69, 9.17) is 11.6 Å². The largest absolute Gasteiger partial charge is 0.390 e. The van der Waals surface area contributed by atoms with Crippen LogP contribution in [0.2, 0.25) is 5.02 Å². The molecule has 0 radical (unpaired) electrons. The molecule has 1 aromatic carbocycles. The number of aromatic nitrogens is 3. The van der Waals surface area contributed by atoms with E-state index in [0.29, 0.717) is 6.42 Å². The summed E-state index contributed by atoms with van der Waals surface area (Å²) in [5.41, 5.74) is 4.03. The summed E-state index contributed by atoms with van der Waals surface area (Å²) in [7, 11) is 0. The monoisotopic (exact) mass is 387 g/mol. The van der Waals surface area contributed by atoms with Crippen LogP contribution in [0.25, 0.3) is 0 Å². The van der Waals surface area contributed by atoms with Crippen molar-refractivity contribution < 1.29 is 5.11 Å². The smallest absolute Gasteiger partial charge is 0.103 e. The number of hydrogen-bond acceptors (Lipinski definition) is 4. The highest BCUT2D eigenvalue weighted by Crippen LogP contribution is 2.36. The van der Waals surface area contributed by atoms with Crippen LogP contribution in [0, 0.1) is 6.92 Å². The quantitative estimate of drug-likeness (QED) is 0.642. The van der Waals surface area contributed by atoms with Gasteiger partial charge in [0.2, 0.25) is 0 Å². The molecule has 26 heavy (non-hydrogen) atoms. The topological polar surface area (TPSA) is 50.9 Å². The lowest BCUT2D eigenvalue weighted by Gasteiger charge is -2.13. The van der Waals surface area contributed by atoms with Gasteiger partial charge in [-0.25, -0.2) is 0 Å². The van der Waals surface area contributed by atoms with Crippen molar-refractivity contribution in [1.29, 1.82) is 0 Å². The number of halogens is 1. The zero-order chi connectivity index (χ0) is 18.7. The Morgan fingerprint density at radius 1 is 1.19 bits per heavy atom. The van der Waals surface area contributed by atoms with Crippen LogP contribution >= 0.6 is 23.4 Å². The number of hydrogen-bond donors (Lipinski definition) is 1. The van der Waals surface area contributed by atoms with Crippen molar-refractivity contribution in [1.82, 2.24) is 14.8 Å².